The van der Waals surface area contributed by atoms with Crippen LogP contribution in [-0.2, 0) is 23.6 Å². The molecule has 0 radical (unpaired) electrons. The molecule has 2 aromatic heterocycles. The molecule has 0 amide bonds. The van der Waals surface area contributed by atoms with Gasteiger partial charge in [-0.1, -0.05) is 26.7 Å². The maximum atomic E-state index is 13.0. The molecule has 1 fully saturated rings. The van der Waals surface area contributed by atoms with E-state index in [9.17, 15) is 35.9 Å². The zero-order chi connectivity index (χ0) is 29.7. The molecule has 222 valence electrons. The number of anilines is 1. The van der Waals surface area contributed by atoms with Crippen LogP contribution >= 0.6 is 0 Å². The summed E-state index contributed by atoms with van der Waals surface area (Å²) in [4.78, 5) is 34.2. The second-order valence-corrected chi connectivity index (χ2v) is 10.1. The lowest BCUT2D eigenvalue weighted by molar-refractivity contribution is -0.139. The summed E-state index contributed by atoms with van der Waals surface area (Å²) in [6.07, 6.45) is -2.55. The number of Topliss-reactive ketones (excluding diaryl/α,β-unsaturated/α-hetero) is 1. The molecule has 8 nitrogen and oxygen atoms in total. The molecule has 0 saturated carbocycles. The zero-order valence-electron chi connectivity index (χ0n) is 22.7. The third-order valence-corrected chi connectivity index (χ3v) is 7.08. The molecule has 1 aliphatic heterocycles. The zero-order valence-corrected chi connectivity index (χ0v) is 22.7. The first-order valence-corrected chi connectivity index (χ1v) is 13.3. The van der Waals surface area contributed by atoms with Gasteiger partial charge >= 0.3 is 12.4 Å². The summed E-state index contributed by atoms with van der Waals surface area (Å²) in [5.41, 5.74) is -2.82. The molecule has 40 heavy (non-hydrogen) atoms. The van der Waals surface area contributed by atoms with Crippen molar-refractivity contribution in [2.75, 3.05) is 31.1 Å². The van der Waals surface area contributed by atoms with Crippen LogP contribution in [0.25, 0.3) is 0 Å². The van der Waals surface area contributed by atoms with Crippen LogP contribution < -0.4 is 10.5 Å². The van der Waals surface area contributed by atoms with Crippen LogP contribution in [0.4, 0.5) is 32.3 Å². The second-order valence-electron chi connectivity index (χ2n) is 10.1. The number of likely N-dealkylation sites (tertiary alicyclic amines) is 1. The summed E-state index contributed by atoms with van der Waals surface area (Å²) in [6.45, 7) is 8.28. The number of ketones is 1. The van der Waals surface area contributed by atoms with Gasteiger partial charge in [0.25, 0.3) is 5.56 Å². The largest absolute Gasteiger partial charge is 0.422 e. The smallest absolute Gasteiger partial charge is 0.341 e. The average molecular weight is 577 g/mol. The minimum Gasteiger partial charge on any atom is -0.341 e. The number of unbranched alkanes of at least 4 members (excludes halogenated alkanes) is 2. The molecule has 3 heterocycles. The number of alkyl halides is 6. The van der Waals surface area contributed by atoms with Gasteiger partial charge in [0, 0.05) is 44.5 Å². The van der Waals surface area contributed by atoms with Gasteiger partial charge in [0.05, 0.1) is 17.3 Å². The molecular weight excluding hydrogens is 542 g/mol. The molecule has 1 unspecified atom stereocenters. The summed E-state index contributed by atoms with van der Waals surface area (Å²) in [5, 5.41) is 5.78. The van der Waals surface area contributed by atoms with Crippen molar-refractivity contribution >= 4 is 11.7 Å². The third kappa shape index (κ3) is 7.58. The number of fused-ring (bicyclic) bond motifs is 1. The summed E-state index contributed by atoms with van der Waals surface area (Å²) in [5.74, 6) is 0.430. The Balaban J connectivity index is 0.000000222. The SMILES string of the molecule is CC(=O)C1CN(C2CCc3c2n[nH]c(=O)c3C(F)(F)F)C1.CCCCCN(CCC)c1ncc(C(F)(F)F)cn1. The predicted molar refractivity (Wildman–Crippen MR) is 136 cm³/mol. The second kappa shape index (κ2) is 13.1. The van der Waals surface area contributed by atoms with Crippen LogP contribution in [0, 0.1) is 5.92 Å². The average Bonchev–Trinajstić information content (AvgIpc) is 3.24. The summed E-state index contributed by atoms with van der Waals surface area (Å²) in [6, 6.07) is -0.242. The van der Waals surface area contributed by atoms with Gasteiger partial charge in [0.15, 0.2) is 0 Å². The third-order valence-electron chi connectivity index (χ3n) is 7.08. The molecule has 2 aromatic rings. The number of nitrogens with zero attached hydrogens (tertiary/aromatic N) is 5. The Kier molecular flexibility index (Phi) is 10.3. The van der Waals surface area contributed by atoms with Gasteiger partial charge in [-0.15, -0.1) is 0 Å². The molecule has 1 aliphatic carbocycles. The van der Waals surface area contributed by atoms with E-state index in [-0.39, 0.29) is 29.7 Å². The summed E-state index contributed by atoms with van der Waals surface area (Å²) >= 11 is 0. The Bertz CT molecular complexity index is 1190. The number of aromatic amines is 1. The van der Waals surface area contributed by atoms with E-state index < -0.39 is 29.0 Å². The molecule has 0 aromatic carbocycles. The highest BCUT2D eigenvalue weighted by molar-refractivity contribution is 5.79. The Hall–Kier alpha value is -3.03. The number of aromatic nitrogens is 4. The van der Waals surface area contributed by atoms with Gasteiger partial charge < -0.3 is 4.90 Å². The minimum atomic E-state index is -4.67. The van der Waals surface area contributed by atoms with Gasteiger partial charge in [-0.25, -0.2) is 15.1 Å². The van der Waals surface area contributed by atoms with E-state index in [0.29, 0.717) is 31.2 Å². The number of carbonyl (C=O) groups excluding carboxylic acids is 1. The van der Waals surface area contributed by atoms with E-state index in [2.05, 4.69) is 22.0 Å². The number of rotatable bonds is 9. The Morgan fingerprint density at radius 1 is 1.02 bits per heavy atom. The topological polar surface area (TPSA) is 95.1 Å². The maximum Gasteiger partial charge on any atom is 0.422 e. The molecule has 0 bridgehead atoms. The van der Waals surface area contributed by atoms with E-state index in [1.807, 2.05) is 21.8 Å². The van der Waals surface area contributed by atoms with Crippen molar-refractivity contribution in [3.05, 3.63) is 45.1 Å². The van der Waals surface area contributed by atoms with Crippen molar-refractivity contribution < 1.29 is 31.1 Å². The van der Waals surface area contributed by atoms with Crippen LogP contribution in [0.1, 0.15) is 81.3 Å². The number of hydrogen-bond donors (Lipinski definition) is 1. The van der Waals surface area contributed by atoms with Gasteiger partial charge in [-0.2, -0.15) is 31.4 Å². The van der Waals surface area contributed by atoms with Crippen LogP contribution in [0.5, 0.6) is 0 Å². The lowest BCUT2D eigenvalue weighted by Crippen LogP contribution is -2.51. The van der Waals surface area contributed by atoms with Gasteiger partial charge in [-0.3, -0.25) is 14.5 Å². The lowest BCUT2D eigenvalue weighted by Gasteiger charge is -2.41. The lowest BCUT2D eigenvalue weighted by atomic mass is 9.93. The number of hydrogen-bond acceptors (Lipinski definition) is 7. The minimum absolute atomic E-state index is 0.00234. The number of nitrogens with one attached hydrogen (secondary N) is 1. The van der Waals surface area contributed by atoms with Crippen LogP contribution in [0.3, 0.4) is 0 Å². The highest BCUT2D eigenvalue weighted by Gasteiger charge is 2.44. The molecular formula is C26H34F6N6O2. The van der Waals surface area contributed by atoms with E-state index in [4.69, 9.17) is 0 Å². The molecule has 4 rings (SSSR count). The van der Waals surface area contributed by atoms with Crippen molar-refractivity contribution in [1.29, 1.82) is 0 Å². The fourth-order valence-electron chi connectivity index (χ4n) is 4.89. The van der Waals surface area contributed by atoms with Crippen LogP contribution in [-0.4, -0.2) is 57.0 Å². The first kappa shape index (κ1) is 31.5. The molecule has 2 aliphatic rings. The first-order valence-electron chi connectivity index (χ1n) is 13.3. The Morgan fingerprint density at radius 3 is 2.20 bits per heavy atom. The van der Waals surface area contributed by atoms with Crippen molar-refractivity contribution in [3.63, 3.8) is 0 Å². The highest BCUT2D eigenvalue weighted by Crippen LogP contribution is 2.42. The first-order chi connectivity index (χ1) is 18.8. The molecule has 1 saturated heterocycles. The standard InChI is InChI=1S/C13H14F3N3O2.C13H20F3N3/c1-6(20)7-4-19(5-7)9-3-2-8-10(13(14,15)16)12(21)18-17-11(8)9;1-3-5-6-8-19(7-4-2)12-17-9-11(10-18-12)13(14,15)16/h7,9H,2-5H2,1H3,(H,18,21);9-10H,3-8H2,1-2H3. The molecule has 14 heteroatoms. The highest BCUT2D eigenvalue weighted by atomic mass is 19.4. The van der Waals surface area contributed by atoms with Crippen LogP contribution in [0.15, 0.2) is 17.2 Å². The van der Waals surface area contributed by atoms with E-state index in [1.165, 1.54) is 6.92 Å². The predicted octanol–water partition coefficient (Wildman–Crippen LogP) is 5.20. The van der Waals surface area contributed by atoms with E-state index in [1.54, 1.807) is 0 Å². The van der Waals surface area contributed by atoms with Gasteiger partial charge in [0.2, 0.25) is 5.95 Å². The quantitative estimate of drug-likeness (QED) is 0.324. The Labute approximate surface area is 228 Å². The Morgan fingerprint density at radius 2 is 1.68 bits per heavy atom. The van der Waals surface area contributed by atoms with Gasteiger partial charge in [-0.05, 0) is 38.2 Å². The van der Waals surface area contributed by atoms with E-state index >= 15 is 0 Å². The van der Waals surface area contributed by atoms with Crippen LogP contribution in [0.2, 0.25) is 0 Å². The molecule has 1 N–H and O–H groups in total. The van der Waals surface area contributed by atoms with Gasteiger partial charge in [0.1, 0.15) is 11.3 Å². The normalized spacial score (nSPS) is 17.6. The van der Waals surface area contributed by atoms with Crippen molar-refractivity contribution in [3.8, 4) is 0 Å². The monoisotopic (exact) mass is 576 g/mol. The summed E-state index contributed by atoms with van der Waals surface area (Å²) < 4.78 is 76.2. The van der Waals surface area contributed by atoms with Crippen molar-refractivity contribution in [2.45, 2.75) is 77.7 Å². The number of halogens is 6. The van der Waals surface area contributed by atoms with E-state index in [0.717, 1.165) is 51.2 Å². The number of carbonyl (C=O) groups is 1. The molecule has 1 atom stereocenters. The number of H-pyrrole nitrogens is 1. The maximum absolute atomic E-state index is 13.0. The van der Waals surface area contributed by atoms with Crippen molar-refractivity contribution in [2.24, 2.45) is 5.92 Å². The summed E-state index contributed by atoms with van der Waals surface area (Å²) in [7, 11) is 0. The fourth-order valence-corrected chi connectivity index (χ4v) is 4.89. The molecule has 0 spiro atoms. The van der Waals surface area contributed by atoms with Crippen molar-refractivity contribution in [1.82, 2.24) is 25.1 Å². The fraction of sp³-hybridized carbons (Fsp3) is 0.654.